The number of rotatable bonds is 6. The molecule has 1 amide bonds. The van der Waals surface area contributed by atoms with Gasteiger partial charge in [-0.3, -0.25) is 4.79 Å². The van der Waals surface area contributed by atoms with Crippen LogP contribution in [0.25, 0.3) is 0 Å². The number of sulfonamides is 1. The topological polar surface area (TPSA) is 75.3 Å². The zero-order valence-corrected chi connectivity index (χ0v) is 15.2. The Morgan fingerprint density at radius 3 is 2.04 bits per heavy atom. The van der Waals surface area contributed by atoms with E-state index >= 15 is 0 Å². The zero-order chi connectivity index (χ0) is 16.8. The van der Waals surface area contributed by atoms with Gasteiger partial charge in [-0.15, -0.1) is 0 Å². The van der Waals surface area contributed by atoms with Crippen molar-refractivity contribution in [3.8, 4) is 0 Å². The van der Waals surface area contributed by atoms with Crippen LogP contribution in [0.3, 0.4) is 0 Å². The van der Waals surface area contributed by atoms with Crippen molar-refractivity contribution in [3.05, 3.63) is 0 Å². The van der Waals surface area contributed by atoms with Crippen molar-refractivity contribution in [2.75, 3.05) is 12.3 Å². The first-order valence-corrected chi connectivity index (χ1v) is 11.4. The fourth-order valence-corrected chi connectivity index (χ4v) is 7.46. The van der Waals surface area contributed by atoms with E-state index in [0.29, 0.717) is 0 Å². The van der Waals surface area contributed by atoms with Crippen LogP contribution in [-0.4, -0.2) is 32.7 Å². The maximum absolute atomic E-state index is 12.8. The summed E-state index contributed by atoms with van der Waals surface area (Å²) in [6.45, 7) is 0.239. The quantitative estimate of drug-likeness (QED) is 0.768. The second-order valence-corrected chi connectivity index (χ2v) is 10.7. The van der Waals surface area contributed by atoms with Crippen LogP contribution in [0.5, 0.6) is 0 Å². The molecule has 5 fully saturated rings. The summed E-state index contributed by atoms with van der Waals surface area (Å²) in [6, 6.07) is 0.105. The summed E-state index contributed by atoms with van der Waals surface area (Å²) in [6.07, 6.45) is 11.1. The Bertz CT molecular complexity index is 560. The van der Waals surface area contributed by atoms with Crippen molar-refractivity contribution >= 4 is 15.9 Å². The number of carbonyl (C=O) groups is 1. The van der Waals surface area contributed by atoms with Gasteiger partial charge in [0.2, 0.25) is 15.9 Å². The van der Waals surface area contributed by atoms with E-state index in [0.717, 1.165) is 62.7 Å². The van der Waals surface area contributed by atoms with Gasteiger partial charge in [0.05, 0.1) is 5.75 Å². The van der Waals surface area contributed by atoms with Gasteiger partial charge in [0.15, 0.2) is 0 Å². The molecule has 5 rings (SSSR count). The molecule has 0 aromatic heterocycles. The van der Waals surface area contributed by atoms with E-state index in [1.165, 1.54) is 19.3 Å². The first-order chi connectivity index (χ1) is 11.4. The molecular formula is C18H30N2O3S. The maximum Gasteiger partial charge on any atom is 0.226 e. The van der Waals surface area contributed by atoms with Gasteiger partial charge in [0.1, 0.15) is 0 Å². The SMILES string of the molecule is O=C(NCCS(=O)(=O)NC1CCCC1)C12CC3CC(CC(C3)C1)C2. The molecule has 24 heavy (non-hydrogen) atoms. The van der Waals surface area contributed by atoms with Crippen LogP contribution >= 0.6 is 0 Å². The lowest BCUT2D eigenvalue weighted by Crippen LogP contribution is -2.54. The molecule has 0 radical (unpaired) electrons. The van der Waals surface area contributed by atoms with E-state index < -0.39 is 10.0 Å². The molecule has 0 spiro atoms. The van der Waals surface area contributed by atoms with Crippen molar-refractivity contribution < 1.29 is 13.2 Å². The summed E-state index contributed by atoms with van der Waals surface area (Å²) in [5.74, 6) is 2.32. The first kappa shape index (κ1) is 16.8. The monoisotopic (exact) mass is 354 g/mol. The first-order valence-electron chi connectivity index (χ1n) is 9.72. The molecule has 5 aliphatic rings. The Morgan fingerprint density at radius 2 is 1.50 bits per heavy atom. The summed E-state index contributed by atoms with van der Waals surface area (Å²) < 4.78 is 27.1. The number of hydrogen-bond acceptors (Lipinski definition) is 3. The molecular weight excluding hydrogens is 324 g/mol. The van der Waals surface area contributed by atoms with Crippen molar-refractivity contribution in [2.45, 2.75) is 70.3 Å². The molecule has 0 saturated heterocycles. The van der Waals surface area contributed by atoms with Crippen molar-refractivity contribution in [3.63, 3.8) is 0 Å². The molecule has 0 heterocycles. The molecule has 5 saturated carbocycles. The highest BCUT2D eigenvalue weighted by Gasteiger charge is 2.54. The van der Waals surface area contributed by atoms with E-state index in [1.807, 2.05) is 0 Å². The molecule has 4 bridgehead atoms. The van der Waals surface area contributed by atoms with Gasteiger partial charge in [0.25, 0.3) is 0 Å². The maximum atomic E-state index is 12.8. The smallest absolute Gasteiger partial charge is 0.226 e. The fraction of sp³-hybridized carbons (Fsp3) is 0.944. The molecule has 0 aliphatic heterocycles. The number of nitrogens with one attached hydrogen (secondary N) is 2. The zero-order valence-electron chi connectivity index (χ0n) is 14.4. The third-order valence-electron chi connectivity index (χ3n) is 6.88. The molecule has 0 atom stereocenters. The van der Waals surface area contributed by atoms with Crippen LogP contribution in [0.1, 0.15) is 64.2 Å². The van der Waals surface area contributed by atoms with Gasteiger partial charge in [-0.05, 0) is 69.1 Å². The van der Waals surface area contributed by atoms with E-state index in [9.17, 15) is 13.2 Å². The standard InChI is InChI=1S/C18H30N2O3S/c21-17(18-10-13-7-14(11-18)9-15(8-13)12-18)19-5-6-24(22,23)20-16-3-1-2-4-16/h13-16,20H,1-12H2,(H,19,21). The highest BCUT2D eigenvalue weighted by molar-refractivity contribution is 7.89. The van der Waals surface area contributed by atoms with Crippen LogP contribution in [0.15, 0.2) is 0 Å². The second-order valence-electron chi connectivity index (χ2n) is 8.87. The molecule has 5 nitrogen and oxygen atoms in total. The average Bonchev–Trinajstić information content (AvgIpc) is 2.97. The van der Waals surface area contributed by atoms with Gasteiger partial charge in [-0.25, -0.2) is 13.1 Å². The van der Waals surface area contributed by atoms with E-state index in [-0.39, 0.29) is 29.7 Å². The van der Waals surface area contributed by atoms with Crippen LogP contribution < -0.4 is 10.0 Å². The van der Waals surface area contributed by atoms with Gasteiger partial charge in [-0.1, -0.05) is 12.8 Å². The predicted octanol–water partition coefficient (Wildman–Crippen LogP) is 2.18. The number of amides is 1. The van der Waals surface area contributed by atoms with Crippen LogP contribution in [-0.2, 0) is 14.8 Å². The second kappa shape index (κ2) is 6.27. The van der Waals surface area contributed by atoms with Gasteiger partial charge in [0, 0.05) is 18.0 Å². The molecule has 5 aliphatic carbocycles. The van der Waals surface area contributed by atoms with E-state index in [1.54, 1.807) is 0 Å². The Balaban J connectivity index is 1.29. The number of hydrogen-bond donors (Lipinski definition) is 2. The van der Waals surface area contributed by atoms with Crippen LogP contribution in [0.4, 0.5) is 0 Å². The third kappa shape index (κ3) is 3.36. The molecule has 0 aromatic carbocycles. The van der Waals surface area contributed by atoms with Gasteiger partial charge < -0.3 is 5.32 Å². The highest BCUT2D eigenvalue weighted by atomic mass is 32.2. The molecule has 0 aromatic rings. The lowest BCUT2D eigenvalue weighted by molar-refractivity contribution is -0.146. The average molecular weight is 355 g/mol. The Hall–Kier alpha value is -0.620. The normalized spacial score (nSPS) is 38.6. The summed E-state index contributed by atoms with van der Waals surface area (Å²) in [4.78, 5) is 12.8. The van der Waals surface area contributed by atoms with Gasteiger partial charge >= 0.3 is 0 Å². The summed E-state index contributed by atoms with van der Waals surface area (Å²) in [7, 11) is -3.28. The minimum absolute atomic E-state index is 0.00159. The Kier molecular flexibility index (Phi) is 4.40. The summed E-state index contributed by atoms with van der Waals surface area (Å²) in [5.41, 5.74) is -0.183. The van der Waals surface area contributed by atoms with E-state index in [2.05, 4.69) is 10.0 Å². The van der Waals surface area contributed by atoms with Crippen LogP contribution in [0.2, 0.25) is 0 Å². The van der Waals surface area contributed by atoms with E-state index in [4.69, 9.17) is 0 Å². The van der Waals surface area contributed by atoms with Crippen molar-refractivity contribution in [1.29, 1.82) is 0 Å². The largest absolute Gasteiger partial charge is 0.355 e. The molecule has 0 unspecified atom stereocenters. The minimum Gasteiger partial charge on any atom is -0.355 e. The predicted molar refractivity (Wildman–Crippen MR) is 92.8 cm³/mol. The Labute approximate surface area is 145 Å². The summed E-state index contributed by atoms with van der Waals surface area (Å²) >= 11 is 0. The number of carbonyl (C=O) groups excluding carboxylic acids is 1. The highest BCUT2D eigenvalue weighted by Crippen LogP contribution is 2.60. The lowest BCUT2D eigenvalue weighted by atomic mass is 9.49. The minimum atomic E-state index is -3.28. The molecule has 6 heteroatoms. The summed E-state index contributed by atoms with van der Waals surface area (Å²) in [5, 5.41) is 2.96. The van der Waals surface area contributed by atoms with Crippen molar-refractivity contribution in [1.82, 2.24) is 10.0 Å². The molecule has 2 N–H and O–H groups in total. The lowest BCUT2D eigenvalue weighted by Gasteiger charge is -2.55. The third-order valence-corrected chi connectivity index (χ3v) is 8.31. The van der Waals surface area contributed by atoms with Crippen LogP contribution in [0, 0.1) is 23.2 Å². The fourth-order valence-electron chi connectivity index (χ4n) is 6.23. The Morgan fingerprint density at radius 1 is 0.958 bits per heavy atom. The van der Waals surface area contributed by atoms with Gasteiger partial charge in [-0.2, -0.15) is 0 Å². The molecule has 136 valence electrons. The van der Waals surface area contributed by atoms with Crippen molar-refractivity contribution in [2.24, 2.45) is 23.2 Å².